The second-order valence-electron chi connectivity index (χ2n) is 2.39. The Morgan fingerprint density at radius 1 is 1.62 bits per heavy atom. The lowest BCUT2D eigenvalue weighted by Gasteiger charge is -2.19. The van der Waals surface area contributed by atoms with Gasteiger partial charge in [-0.1, -0.05) is 0 Å². The third-order valence-electron chi connectivity index (χ3n) is 1.66. The van der Waals surface area contributed by atoms with Gasteiger partial charge in [0.25, 0.3) is 0 Å². The highest BCUT2D eigenvalue weighted by Gasteiger charge is 2.09. The molecule has 0 radical (unpaired) electrons. The Kier molecular flexibility index (Phi) is 2.30. The second kappa shape index (κ2) is 3.05. The van der Waals surface area contributed by atoms with Crippen molar-refractivity contribution in [3.8, 4) is 0 Å². The van der Waals surface area contributed by atoms with Crippen LogP contribution in [-0.2, 0) is 0 Å². The van der Waals surface area contributed by atoms with E-state index in [4.69, 9.17) is 5.11 Å². The minimum absolute atomic E-state index is 0.354. The molecule has 0 aromatic rings. The van der Waals surface area contributed by atoms with Crippen molar-refractivity contribution < 1.29 is 5.11 Å². The Labute approximate surface area is 49.9 Å². The van der Waals surface area contributed by atoms with E-state index in [2.05, 4.69) is 5.32 Å². The van der Waals surface area contributed by atoms with Gasteiger partial charge < -0.3 is 10.4 Å². The summed E-state index contributed by atoms with van der Waals surface area (Å²) < 4.78 is 0. The van der Waals surface area contributed by atoms with Crippen LogP contribution in [-0.4, -0.2) is 24.8 Å². The first-order valence-electron chi connectivity index (χ1n) is 3.25. The van der Waals surface area contributed by atoms with E-state index in [1.165, 1.54) is 12.8 Å². The SMILES string of the molecule is OC[C@H]1CCCNC1. The van der Waals surface area contributed by atoms with Gasteiger partial charge in [-0.25, -0.2) is 0 Å². The smallest absolute Gasteiger partial charge is 0.0471 e. The van der Waals surface area contributed by atoms with Gasteiger partial charge in [-0.05, 0) is 25.3 Å². The summed E-state index contributed by atoms with van der Waals surface area (Å²) in [5.74, 6) is 0.531. The molecule has 0 aromatic carbocycles. The van der Waals surface area contributed by atoms with E-state index in [-0.39, 0.29) is 0 Å². The minimum atomic E-state index is 0.354. The number of hydrogen-bond acceptors (Lipinski definition) is 2. The minimum Gasteiger partial charge on any atom is -0.396 e. The van der Waals surface area contributed by atoms with Gasteiger partial charge in [-0.3, -0.25) is 0 Å². The zero-order valence-electron chi connectivity index (χ0n) is 5.06. The van der Waals surface area contributed by atoms with Crippen molar-refractivity contribution in [2.75, 3.05) is 19.7 Å². The first-order valence-corrected chi connectivity index (χ1v) is 3.25. The van der Waals surface area contributed by atoms with Gasteiger partial charge in [-0.2, -0.15) is 0 Å². The van der Waals surface area contributed by atoms with E-state index in [0.29, 0.717) is 12.5 Å². The molecule has 1 saturated heterocycles. The maximum absolute atomic E-state index is 8.65. The average Bonchev–Trinajstić information content (AvgIpc) is 1.90. The summed E-state index contributed by atoms with van der Waals surface area (Å²) in [4.78, 5) is 0. The zero-order valence-corrected chi connectivity index (χ0v) is 5.06. The zero-order chi connectivity index (χ0) is 5.82. The molecular weight excluding hydrogens is 102 g/mol. The van der Waals surface area contributed by atoms with E-state index >= 15 is 0 Å². The van der Waals surface area contributed by atoms with Gasteiger partial charge in [0.15, 0.2) is 0 Å². The summed E-state index contributed by atoms with van der Waals surface area (Å²) in [7, 11) is 0. The number of hydrogen-bond donors (Lipinski definition) is 2. The Hall–Kier alpha value is -0.0800. The molecule has 8 heavy (non-hydrogen) atoms. The molecule has 1 rings (SSSR count). The van der Waals surface area contributed by atoms with Crippen LogP contribution in [0.25, 0.3) is 0 Å². The van der Waals surface area contributed by atoms with Crippen LogP contribution < -0.4 is 5.32 Å². The second-order valence-corrected chi connectivity index (χ2v) is 2.39. The highest BCUT2D eigenvalue weighted by atomic mass is 16.3. The van der Waals surface area contributed by atoms with E-state index in [9.17, 15) is 0 Å². The number of piperidine rings is 1. The van der Waals surface area contributed by atoms with Gasteiger partial charge in [0.1, 0.15) is 0 Å². The number of rotatable bonds is 1. The Morgan fingerprint density at radius 2 is 2.50 bits per heavy atom. The van der Waals surface area contributed by atoms with E-state index in [1.807, 2.05) is 0 Å². The number of aliphatic hydroxyl groups is 1. The fraction of sp³-hybridized carbons (Fsp3) is 1.00. The van der Waals surface area contributed by atoms with Crippen LogP contribution in [0.4, 0.5) is 0 Å². The maximum Gasteiger partial charge on any atom is 0.0471 e. The van der Waals surface area contributed by atoms with Gasteiger partial charge in [0, 0.05) is 13.2 Å². The predicted molar refractivity (Wildman–Crippen MR) is 32.7 cm³/mol. The third kappa shape index (κ3) is 1.46. The summed E-state index contributed by atoms with van der Waals surface area (Å²) in [6, 6.07) is 0. The lowest BCUT2D eigenvalue weighted by atomic mass is 10.0. The molecule has 1 fully saturated rings. The van der Waals surface area contributed by atoms with E-state index in [1.54, 1.807) is 0 Å². The fourth-order valence-electron chi connectivity index (χ4n) is 1.08. The van der Waals surface area contributed by atoms with Crippen LogP contribution >= 0.6 is 0 Å². The molecule has 0 amide bonds. The van der Waals surface area contributed by atoms with Crippen LogP contribution in [0.3, 0.4) is 0 Å². The van der Waals surface area contributed by atoms with E-state index < -0.39 is 0 Å². The lowest BCUT2D eigenvalue weighted by Crippen LogP contribution is -2.31. The van der Waals surface area contributed by atoms with Crippen molar-refractivity contribution in [3.05, 3.63) is 0 Å². The third-order valence-corrected chi connectivity index (χ3v) is 1.66. The Bertz CT molecular complexity index is 59.5. The van der Waals surface area contributed by atoms with Crippen LogP contribution in [0.2, 0.25) is 0 Å². The molecule has 0 aromatic heterocycles. The van der Waals surface area contributed by atoms with Crippen LogP contribution in [0.1, 0.15) is 12.8 Å². The van der Waals surface area contributed by atoms with Crippen LogP contribution in [0.15, 0.2) is 0 Å². The number of nitrogens with one attached hydrogen (secondary N) is 1. The first-order chi connectivity index (χ1) is 3.93. The molecule has 48 valence electrons. The summed E-state index contributed by atoms with van der Waals surface area (Å²) in [5, 5.41) is 11.9. The van der Waals surface area contributed by atoms with Gasteiger partial charge in [0.05, 0.1) is 0 Å². The molecule has 0 aliphatic carbocycles. The van der Waals surface area contributed by atoms with Crippen molar-refractivity contribution in [1.82, 2.24) is 5.32 Å². The van der Waals surface area contributed by atoms with Crippen molar-refractivity contribution >= 4 is 0 Å². The summed E-state index contributed by atoms with van der Waals surface area (Å²) >= 11 is 0. The summed E-state index contributed by atoms with van der Waals surface area (Å²) in [6.45, 7) is 2.50. The highest BCUT2D eigenvalue weighted by molar-refractivity contribution is 4.66. The molecule has 1 aliphatic heterocycles. The normalized spacial score (nSPS) is 30.4. The van der Waals surface area contributed by atoms with Crippen molar-refractivity contribution in [2.24, 2.45) is 5.92 Å². The Balaban J connectivity index is 2.13. The summed E-state index contributed by atoms with van der Waals surface area (Å²) in [5.41, 5.74) is 0. The molecule has 0 unspecified atom stereocenters. The molecule has 1 aliphatic rings. The van der Waals surface area contributed by atoms with Gasteiger partial charge >= 0.3 is 0 Å². The van der Waals surface area contributed by atoms with Crippen LogP contribution in [0, 0.1) is 5.92 Å². The van der Waals surface area contributed by atoms with Gasteiger partial charge in [-0.15, -0.1) is 0 Å². The predicted octanol–water partition coefficient (Wildman–Crippen LogP) is -0.0217. The molecule has 1 atom stereocenters. The Morgan fingerprint density at radius 3 is 2.88 bits per heavy atom. The first kappa shape index (κ1) is 6.05. The molecule has 2 heteroatoms. The molecule has 2 nitrogen and oxygen atoms in total. The molecule has 1 heterocycles. The van der Waals surface area contributed by atoms with Crippen molar-refractivity contribution in [3.63, 3.8) is 0 Å². The summed E-state index contributed by atoms with van der Waals surface area (Å²) in [6.07, 6.45) is 2.43. The quantitative estimate of drug-likeness (QED) is 0.503. The largest absolute Gasteiger partial charge is 0.396 e. The molecule has 0 spiro atoms. The van der Waals surface area contributed by atoms with E-state index in [0.717, 1.165) is 13.1 Å². The fourth-order valence-corrected chi connectivity index (χ4v) is 1.08. The molecule has 0 bridgehead atoms. The lowest BCUT2D eigenvalue weighted by molar-refractivity contribution is 0.199. The maximum atomic E-state index is 8.65. The van der Waals surface area contributed by atoms with Crippen LogP contribution in [0.5, 0.6) is 0 Å². The molecule has 0 saturated carbocycles. The standard InChI is InChI=1S/C6H13NO/c8-5-6-2-1-3-7-4-6/h6-8H,1-5H2/t6-/m0/s1. The average molecular weight is 115 g/mol. The van der Waals surface area contributed by atoms with Crippen molar-refractivity contribution in [1.29, 1.82) is 0 Å². The van der Waals surface area contributed by atoms with Crippen molar-refractivity contribution in [2.45, 2.75) is 12.8 Å². The molecule has 2 N–H and O–H groups in total. The topological polar surface area (TPSA) is 32.3 Å². The molecular formula is C6H13NO. The van der Waals surface area contributed by atoms with Gasteiger partial charge in [0.2, 0.25) is 0 Å². The monoisotopic (exact) mass is 115 g/mol. The highest BCUT2D eigenvalue weighted by Crippen LogP contribution is 2.07. The number of aliphatic hydroxyl groups excluding tert-OH is 1.